The fourth-order valence-corrected chi connectivity index (χ4v) is 3.33. The van der Waals surface area contributed by atoms with Crippen molar-refractivity contribution in [2.45, 2.75) is 44.9 Å². The average molecular weight is 392 g/mol. The van der Waals surface area contributed by atoms with Crippen LogP contribution in [0.5, 0.6) is 5.75 Å². The van der Waals surface area contributed by atoms with Crippen LogP contribution in [0, 0.1) is 0 Å². The molecule has 2 aromatic rings. The molecule has 0 radical (unpaired) electrons. The number of hydrogen-bond acceptors (Lipinski definition) is 3. The molecule has 0 saturated heterocycles. The highest BCUT2D eigenvalue weighted by Crippen LogP contribution is 2.24. The largest absolute Gasteiger partial charge is 0.490 e. The predicted octanol–water partition coefficient (Wildman–Crippen LogP) is 4.12. The number of fused-ring (bicyclic) bond motifs is 1. The van der Waals surface area contributed by atoms with Crippen LogP contribution >= 0.6 is 0 Å². The molecule has 0 fully saturated rings. The number of amides is 2. The molecule has 29 heavy (non-hydrogen) atoms. The fraction of sp³-hybridized carbons (Fsp3) is 0.333. The van der Waals surface area contributed by atoms with E-state index in [1.165, 1.54) is 4.90 Å². The number of para-hydroxylation sites is 1. The summed E-state index contributed by atoms with van der Waals surface area (Å²) in [6, 6.07) is 16.3. The van der Waals surface area contributed by atoms with Crippen LogP contribution in [0.2, 0.25) is 0 Å². The SMILES string of the molecule is C[C@@H]1C/C=C\C[C@@H](c2ccccc2)NC(=O)[C@H](C)N(C)C(=O)c2ccccc2O1. The Labute approximate surface area is 172 Å². The van der Waals surface area contributed by atoms with E-state index in [9.17, 15) is 9.59 Å². The van der Waals surface area contributed by atoms with Gasteiger partial charge < -0.3 is 15.0 Å². The predicted molar refractivity (Wildman–Crippen MR) is 114 cm³/mol. The number of nitrogens with zero attached hydrogens (tertiary/aromatic N) is 1. The molecule has 0 spiro atoms. The maximum Gasteiger partial charge on any atom is 0.258 e. The zero-order chi connectivity index (χ0) is 20.8. The quantitative estimate of drug-likeness (QED) is 0.743. The minimum atomic E-state index is -0.619. The topological polar surface area (TPSA) is 58.6 Å². The first-order chi connectivity index (χ1) is 14.0. The summed E-state index contributed by atoms with van der Waals surface area (Å²) in [5.74, 6) is 0.114. The number of benzene rings is 2. The molecular formula is C24H28N2O3. The Bertz CT molecular complexity index is 879. The Kier molecular flexibility index (Phi) is 6.70. The molecule has 3 rings (SSSR count). The van der Waals surface area contributed by atoms with Crippen molar-refractivity contribution in [3.63, 3.8) is 0 Å². The number of hydrogen-bond donors (Lipinski definition) is 1. The van der Waals surface area contributed by atoms with Crippen molar-refractivity contribution in [3.05, 3.63) is 77.9 Å². The molecule has 0 aliphatic carbocycles. The van der Waals surface area contributed by atoms with Crippen molar-refractivity contribution in [1.82, 2.24) is 10.2 Å². The second-order valence-electron chi connectivity index (χ2n) is 7.43. The molecule has 3 atom stereocenters. The molecule has 0 bridgehead atoms. The third-order valence-corrected chi connectivity index (χ3v) is 5.25. The van der Waals surface area contributed by atoms with Crippen LogP contribution in [-0.2, 0) is 4.79 Å². The van der Waals surface area contributed by atoms with Crippen LogP contribution in [0.3, 0.4) is 0 Å². The molecular weight excluding hydrogens is 364 g/mol. The molecule has 2 amide bonds. The number of ether oxygens (including phenoxy) is 1. The van der Waals surface area contributed by atoms with Crippen molar-refractivity contribution in [2.75, 3.05) is 7.05 Å². The molecule has 1 aliphatic heterocycles. The smallest absolute Gasteiger partial charge is 0.258 e. The minimum Gasteiger partial charge on any atom is -0.490 e. The molecule has 5 nitrogen and oxygen atoms in total. The van der Waals surface area contributed by atoms with Gasteiger partial charge in [-0.3, -0.25) is 9.59 Å². The molecule has 1 aliphatic rings. The third-order valence-electron chi connectivity index (χ3n) is 5.25. The van der Waals surface area contributed by atoms with E-state index >= 15 is 0 Å². The molecule has 0 aromatic heterocycles. The highest BCUT2D eigenvalue weighted by atomic mass is 16.5. The second kappa shape index (κ2) is 9.41. The highest BCUT2D eigenvalue weighted by Gasteiger charge is 2.27. The summed E-state index contributed by atoms with van der Waals surface area (Å²) in [6.07, 6.45) is 5.46. The summed E-state index contributed by atoms with van der Waals surface area (Å²) in [5.41, 5.74) is 1.50. The van der Waals surface area contributed by atoms with Crippen molar-refractivity contribution >= 4 is 11.8 Å². The standard InChI is InChI=1S/C24H28N2O3/c1-17-11-7-9-15-21(19-12-5-4-6-13-19)25-23(27)18(2)26(3)24(28)20-14-8-10-16-22(20)29-17/h4-10,12-14,16-18,21H,11,15H2,1-3H3,(H,25,27)/b9-7-/t17-,18+,21+/m1/s1. The highest BCUT2D eigenvalue weighted by molar-refractivity contribution is 5.99. The van der Waals surface area contributed by atoms with E-state index < -0.39 is 6.04 Å². The number of rotatable bonds is 1. The second-order valence-corrected chi connectivity index (χ2v) is 7.43. The van der Waals surface area contributed by atoms with Crippen molar-refractivity contribution in [2.24, 2.45) is 0 Å². The monoisotopic (exact) mass is 392 g/mol. The van der Waals surface area contributed by atoms with Gasteiger partial charge in [-0.05, 0) is 38.0 Å². The van der Waals surface area contributed by atoms with Gasteiger partial charge in [-0.15, -0.1) is 0 Å². The van der Waals surface area contributed by atoms with Gasteiger partial charge in [0.15, 0.2) is 0 Å². The number of nitrogens with one attached hydrogen (secondary N) is 1. The first kappa shape index (κ1) is 20.6. The third kappa shape index (κ3) is 5.05. The van der Waals surface area contributed by atoms with E-state index in [1.54, 1.807) is 32.2 Å². The van der Waals surface area contributed by atoms with E-state index in [-0.39, 0.29) is 24.0 Å². The van der Waals surface area contributed by atoms with Gasteiger partial charge in [-0.1, -0.05) is 54.6 Å². The van der Waals surface area contributed by atoms with Gasteiger partial charge in [0.05, 0.1) is 17.7 Å². The van der Waals surface area contributed by atoms with Crippen LogP contribution in [-0.4, -0.2) is 35.9 Å². The normalized spacial score (nSPS) is 24.7. The van der Waals surface area contributed by atoms with E-state index in [4.69, 9.17) is 4.74 Å². The van der Waals surface area contributed by atoms with Gasteiger partial charge in [0.1, 0.15) is 11.8 Å². The molecule has 2 aromatic carbocycles. The number of carbonyl (C=O) groups is 2. The summed E-state index contributed by atoms with van der Waals surface area (Å²) < 4.78 is 6.03. The van der Waals surface area contributed by atoms with E-state index in [2.05, 4.69) is 17.5 Å². The first-order valence-electron chi connectivity index (χ1n) is 10.0. The van der Waals surface area contributed by atoms with Crippen molar-refractivity contribution in [1.29, 1.82) is 0 Å². The molecule has 0 saturated carbocycles. The summed E-state index contributed by atoms with van der Waals surface area (Å²) in [5, 5.41) is 3.11. The maximum atomic E-state index is 13.1. The number of carbonyl (C=O) groups excluding carboxylic acids is 2. The Morgan fingerprint density at radius 2 is 1.59 bits per heavy atom. The average Bonchev–Trinajstić information content (AvgIpc) is 2.74. The lowest BCUT2D eigenvalue weighted by molar-refractivity contribution is -0.125. The molecule has 5 heteroatoms. The number of likely N-dealkylation sites (N-methyl/N-ethyl adjacent to an activating group) is 1. The molecule has 1 heterocycles. The van der Waals surface area contributed by atoms with E-state index in [0.29, 0.717) is 24.2 Å². The van der Waals surface area contributed by atoms with Crippen LogP contribution < -0.4 is 10.1 Å². The lowest BCUT2D eigenvalue weighted by Gasteiger charge is -2.28. The lowest BCUT2D eigenvalue weighted by Crippen LogP contribution is -2.47. The summed E-state index contributed by atoms with van der Waals surface area (Å²) in [6.45, 7) is 3.73. The van der Waals surface area contributed by atoms with Gasteiger partial charge in [0, 0.05) is 13.5 Å². The van der Waals surface area contributed by atoms with E-state index in [1.807, 2.05) is 43.3 Å². The maximum absolute atomic E-state index is 13.1. The molecule has 1 N–H and O–H groups in total. The fourth-order valence-electron chi connectivity index (χ4n) is 3.33. The summed E-state index contributed by atoms with van der Waals surface area (Å²) in [4.78, 5) is 27.5. The lowest BCUT2D eigenvalue weighted by atomic mass is 10.0. The first-order valence-corrected chi connectivity index (χ1v) is 10.0. The molecule has 0 unspecified atom stereocenters. The Morgan fingerprint density at radius 1 is 0.931 bits per heavy atom. The van der Waals surface area contributed by atoms with Crippen molar-refractivity contribution in [3.8, 4) is 5.75 Å². The van der Waals surface area contributed by atoms with Crippen LogP contribution in [0.4, 0.5) is 0 Å². The van der Waals surface area contributed by atoms with Crippen molar-refractivity contribution < 1.29 is 14.3 Å². The van der Waals surface area contributed by atoms with E-state index in [0.717, 1.165) is 5.56 Å². The van der Waals surface area contributed by atoms with Gasteiger partial charge in [0.25, 0.3) is 5.91 Å². The zero-order valence-corrected chi connectivity index (χ0v) is 17.2. The van der Waals surface area contributed by atoms with Gasteiger partial charge in [-0.2, -0.15) is 0 Å². The Morgan fingerprint density at radius 3 is 2.34 bits per heavy atom. The summed E-state index contributed by atoms with van der Waals surface area (Å²) in [7, 11) is 1.65. The zero-order valence-electron chi connectivity index (χ0n) is 17.2. The Hall–Kier alpha value is -3.08. The molecule has 152 valence electrons. The van der Waals surface area contributed by atoms with Crippen LogP contribution in [0.1, 0.15) is 48.7 Å². The minimum absolute atomic E-state index is 0.0735. The van der Waals surface area contributed by atoms with Gasteiger partial charge >= 0.3 is 0 Å². The summed E-state index contributed by atoms with van der Waals surface area (Å²) >= 11 is 0. The van der Waals surface area contributed by atoms with Gasteiger partial charge in [0.2, 0.25) is 5.91 Å². The van der Waals surface area contributed by atoms with Crippen LogP contribution in [0.25, 0.3) is 0 Å². The Balaban J connectivity index is 1.92. The van der Waals surface area contributed by atoms with Crippen LogP contribution in [0.15, 0.2) is 66.7 Å². The van der Waals surface area contributed by atoms with Gasteiger partial charge in [-0.25, -0.2) is 0 Å².